The molecule has 1 aliphatic rings. The van der Waals surface area contributed by atoms with Crippen molar-refractivity contribution in [3.8, 4) is 22.8 Å². The first-order valence-corrected chi connectivity index (χ1v) is 10.4. The van der Waals surface area contributed by atoms with E-state index in [9.17, 15) is 4.79 Å². The lowest BCUT2D eigenvalue weighted by molar-refractivity contribution is -0.138. The Balaban J connectivity index is 1.32. The van der Waals surface area contributed by atoms with Crippen LogP contribution in [0.4, 0.5) is 5.82 Å². The number of ether oxygens (including phenoxy) is 2. The highest BCUT2D eigenvalue weighted by atomic mass is 16.5. The summed E-state index contributed by atoms with van der Waals surface area (Å²) in [5, 5.41) is 8.77. The number of benzene rings is 2. The Morgan fingerprint density at radius 1 is 0.871 bits per heavy atom. The number of carbonyl (C=O) groups is 1. The van der Waals surface area contributed by atoms with Gasteiger partial charge in [0.2, 0.25) is 0 Å². The van der Waals surface area contributed by atoms with Gasteiger partial charge in [0.05, 0.1) is 12.8 Å². The molecule has 1 amide bonds. The van der Waals surface area contributed by atoms with Crippen molar-refractivity contribution < 1.29 is 14.3 Å². The van der Waals surface area contributed by atoms with Crippen LogP contribution in [-0.2, 0) is 4.79 Å². The molecule has 31 heavy (non-hydrogen) atoms. The minimum Gasteiger partial charge on any atom is -0.497 e. The van der Waals surface area contributed by atoms with Crippen LogP contribution < -0.4 is 14.4 Å². The van der Waals surface area contributed by atoms with Gasteiger partial charge in [-0.05, 0) is 55.5 Å². The molecule has 0 aliphatic carbocycles. The Morgan fingerprint density at radius 2 is 1.58 bits per heavy atom. The fraction of sp³-hybridized carbons (Fsp3) is 0.292. The lowest BCUT2D eigenvalue weighted by Gasteiger charge is -2.36. The molecule has 1 saturated heterocycles. The predicted octanol–water partition coefficient (Wildman–Crippen LogP) is 3.27. The number of methoxy groups -OCH3 is 1. The highest BCUT2D eigenvalue weighted by molar-refractivity contribution is 5.81. The zero-order valence-corrected chi connectivity index (χ0v) is 17.8. The molecule has 0 spiro atoms. The van der Waals surface area contributed by atoms with E-state index in [-0.39, 0.29) is 5.91 Å². The van der Waals surface area contributed by atoms with E-state index in [1.54, 1.807) is 14.0 Å². The van der Waals surface area contributed by atoms with Gasteiger partial charge in [0.25, 0.3) is 5.91 Å². The van der Waals surface area contributed by atoms with E-state index in [1.807, 2.05) is 71.6 Å². The van der Waals surface area contributed by atoms with E-state index >= 15 is 0 Å². The molecular formula is C24H26N4O3. The highest BCUT2D eigenvalue weighted by Gasteiger charge is 2.26. The normalized spacial score (nSPS) is 14.8. The number of amides is 1. The van der Waals surface area contributed by atoms with Crippen LogP contribution in [-0.4, -0.2) is 60.4 Å². The van der Waals surface area contributed by atoms with Crippen molar-refractivity contribution in [1.29, 1.82) is 0 Å². The van der Waals surface area contributed by atoms with Gasteiger partial charge in [0.1, 0.15) is 11.5 Å². The van der Waals surface area contributed by atoms with Crippen molar-refractivity contribution in [2.24, 2.45) is 0 Å². The fourth-order valence-corrected chi connectivity index (χ4v) is 3.58. The first-order valence-electron chi connectivity index (χ1n) is 10.4. The van der Waals surface area contributed by atoms with Crippen molar-refractivity contribution in [1.82, 2.24) is 15.1 Å². The number of hydrogen-bond donors (Lipinski definition) is 0. The Morgan fingerprint density at radius 3 is 2.19 bits per heavy atom. The molecule has 7 nitrogen and oxygen atoms in total. The average Bonchev–Trinajstić information content (AvgIpc) is 2.84. The molecule has 160 valence electrons. The molecule has 1 aromatic heterocycles. The Bertz CT molecular complexity index is 986. The lowest BCUT2D eigenvalue weighted by Crippen LogP contribution is -2.52. The summed E-state index contributed by atoms with van der Waals surface area (Å²) in [4.78, 5) is 16.7. The summed E-state index contributed by atoms with van der Waals surface area (Å²) in [6.45, 7) is 4.47. The fourth-order valence-electron chi connectivity index (χ4n) is 3.58. The maximum Gasteiger partial charge on any atom is 0.263 e. The summed E-state index contributed by atoms with van der Waals surface area (Å²) in [5.74, 6) is 2.33. The number of aromatic nitrogens is 2. The molecule has 1 fully saturated rings. The van der Waals surface area contributed by atoms with Crippen LogP contribution in [0.2, 0.25) is 0 Å². The standard InChI is InChI=1S/C24H26N4O3/c1-18(31-21-6-4-3-5-7-21)24(29)28-16-14-27(15-17-28)23-13-12-22(25-26-23)19-8-10-20(30-2)11-9-19/h3-13,18H,14-17H2,1-2H3. The Labute approximate surface area is 182 Å². The molecule has 1 unspecified atom stereocenters. The number of rotatable bonds is 6. The van der Waals surface area contributed by atoms with Gasteiger partial charge in [-0.2, -0.15) is 0 Å². The summed E-state index contributed by atoms with van der Waals surface area (Å²) in [7, 11) is 1.65. The van der Waals surface area contributed by atoms with Crippen LogP contribution in [0, 0.1) is 0 Å². The highest BCUT2D eigenvalue weighted by Crippen LogP contribution is 2.22. The zero-order valence-electron chi connectivity index (χ0n) is 17.8. The molecule has 2 aromatic carbocycles. The van der Waals surface area contributed by atoms with Gasteiger partial charge in [-0.15, -0.1) is 10.2 Å². The van der Waals surface area contributed by atoms with E-state index in [0.29, 0.717) is 31.9 Å². The zero-order chi connectivity index (χ0) is 21.6. The van der Waals surface area contributed by atoms with Crippen LogP contribution in [0.15, 0.2) is 66.7 Å². The van der Waals surface area contributed by atoms with E-state index in [4.69, 9.17) is 9.47 Å². The van der Waals surface area contributed by atoms with E-state index in [2.05, 4.69) is 15.1 Å². The largest absolute Gasteiger partial charge is 0.497 e. The summed E-state index contributed by atoms with van der Waals surface area (Å²) in [6, 6.07) is 21.1. The lowest BCUT2D eigenvalue weighted by atomic mass is 10.1. The van der Waals surface area contributed by atoms with Crippen LogP contribution >= 0.6 is 0 Å². The van der Waals surface area contributed by atoms with Gasteiger partial charge >= 0.3 is 0 Å². The number of anilines is 1. The SMILES string of the molecule is COc1ccc(-c2ccc(N3CCN(C(=O)C(C)Oc4ccccc4)CC3)nn2)cc1. The van der Waals surface area contributed by atoms with E-state index in [1.165, 1.54) is 0 Å². The molecule has 3 aromatic rings. The summed E-state index contributed by atoms with van der Waals surface area (Å²) in [6.07, 6.45) is -0.516. The molecule has 2 heterocycles. The Kier molecular flexibility index (Phi) is 6.31. The topological polar surface area (TPSA) is 67.8 Å². The third-order valence-electron chi connectivity index (χ3n) is 5.36. The van der Waals surface area contributed by atoms with Crippen molar-refractivity contribution >= 4 is 11.7 Å². The minimum absolute atomic E-state index is 0.00411. The second-order valence-electron chi connectivity index (χ2n) is 7.39. The van der Waals surface area contributed by atoms with Crippen molar-refractivity contribution in [3.63, 3.8) is 0 Å². The molecule has 7 heteroatoms. The van der Waals surface area contributed by atoms with Gasteiger partial charge < -0.3 is 19.3 Å². The molecule has 0 radical (unpaired) electrons. The third-order valence-corrected chi connectivity index (χ3v) is 5.36. The van der Waals surface area contributed by atoms with Crippen LogP contribution in [0.5, 0.6) is 11.5 Å². The van der Waals surface area contributed by atoms with Crippen LogP contribution in [0.25, 0.3) is 11.3 Å². The smallest absolute Gasteiger partial charge is 0.263 e. The number of hydrogen-bond acceptors (Lipinski definition) is 6. The molecule has 4 rings (SSSR count). The number of piperazine rings is 1. The monoisotopic (exact) mass is 418 g/mol. The van der Waals surface area contributed by atoms with E-state index in [0.717, 1.165) is 22.8 Å². The summed E-state index contributed by atoms with van der Waals surface area (Å²) >= 11 is 0. The predicted molar refractivity (Wildman–Crippen MR) is 119 cm³/mol. The van der Waals surface area contributed by atoms with Gasteiger partial charge in [0, 0.05) is 31.7 Å². The quantitative estimate of drug-likeness (QED) is 0.612. The van der Waals surface area contributed by atoms with Gasteiger partial charge in [0.15, 0.2) is 11.9 Å². The maximum atomic E-state index is 12.7. The van der Waals surface area contributed by atoms with Crippen molar-refractivity contribution in [3.05, 3.63) is 66.7 Å². The second-order valence-corrected chi connectivity index (χ2v) is 7.39. The van der Waals surface area contributed by atoms with Gasteiger partial charge in [-0.3, -0.25) is 4.79 Å². The molecular weight excluding hydrogens is 392 g/mol. The molecule has 0 N–H and O–H groups in total. The molecule has 0 saturated carbocycles. The second kappa shape index (κ2) is 9.47. The Hall–Kier alpha value is -3.61. The summed E-state index contributed by atoms with van der Waals surface area (Å²) in [5.41, 5.74) is 1.80. The molecule has 1 atom stereocenters. The number of carbonyl (C=O) groups excluding carboxylic acids is 1. The minimum atomic E-state index is -0.516. The first-order chi connectivity index (χ1) is 15.1. The van der Waals surface area contributed by atoms with Crippen molar-refractivity contribution in [2.75, 3.05) is 38.2 Å². The van der Waals surface area contributed by atoms with Crippen LogP contribution in [0.1, 0.15) is 6.92 Å². The van der Waals surface area contributed by atoms with Crippen molar-refractivity contribution in [2.45, 2.75) is 13.0 Å². The first kappa shape index (κ1) is 20.7. The third kappa shape index (κ3) is 4.94. The number of para-hydroxylation sites is 1. The average molecular weight is 418 g/mol. The number of nitrogens with zero attached hydrogens (tertiary/aromatic N) is 4. The summed E-state index contributed by atoms with van der Waals surface area (Å²) < 4.78 is 11.0. The molecule has 0 bridgehead atoms. The maximum absolute atomic E-state index is 12.7. The van der Waals surface area contributed by atoms with Gasteiger partial charge in [-0.1, -0.05) is 18.2 Å². The van der Waals surface area contributed by atoms with E-state index < -0.39 is 6.10 Å². The molecule has 1 aliphatic heterocycles. The van der Waals surface area contributed by atoms with Crippen LogP contribution in [0.3, 0.4) is 0 Å². The van der Waals surface area contributed by atoms with Gasteiger partial charge in [-0.25, -0.2) is 0 Å².